The van der Waals surface area contributed by atoms with Crippen molar-refractivity contribution in [2.75, 3.05) is 11.4 Å². The molecule has 1 atom stereocenters. The van der Waals surface area contributed by atoms with Crippen molar-refractivity contribution in [3.05, 3.63) is 30.1 Å². The van der Waals surface area contributed by atoms with Crippen molar-refractivity contribution in [3.63, 3.8) is 0 Å². The highest BCUT2D eigenvalue weighted by Crippen LogP contribution is 2.22. The summed E-state index contributed by atoms with van der Waals surface area (Å²) in [4.78, 5) is 25.5. The quantitative estimate of drug-likeness (QED) is 0.899. The minimum absolute atomic E-state index is 0.100. The van der Waals surface area contributed by atoms with E-state index in [2.05, 4.69) is 10.6 Å². The Bertz CT molecular complexity index is 572. The standard InChI is InChI=1S/C16H20FN3O2/c17-11-4-3-7-14(8-11)20-10-13(9-15(20)21)19-16(22)18-12-5-1-2-6-12/h3-4,7-8,12-13H,1-2,5-6,9-10H2,(H2,18,19,22). The molecular formula is C16H20FN3O2. The van der Waals surface area contributed by atoms with Crippen molar-refractivity contribution in [1.82, 2.24) is 10.6 Å². The van der Waals surface area contributed by atoms with Crippen LogP contribution < -0.4 is 15.5 Å². The first kappa shape index (κ1) is 14.8. The van der Waals surface area contributed by atoms with E-state index in [1.165, 1.54) is 17.0 Å². The number of anilines is 1. The monoisotopic (exact) mass is 305 g/mol. The summed E-state index contributed by atoms with van der Waals surface area (Å²) in [5.41, 5.74) is 0.533. The molecule has 1 aromatic carbocycles. The Kier molecular flexibility index (Phi) is 4.27. The molecule has 22 heavy (non-hydrogen) atoms. The number of rotatable bonds is 3. The smallest absolute Gasteiger partial charge is 0.315 e. The summed E-state index contributed by atoms with van der Waals surface area (Å²) >= 11 is 0. The molecule has 0 spiro atoms. The van der Waals surface area contributed by atoms with Gasteiger partial charge in [-0.05, 0) is 31.0 Å². The summed E-state index contributed by atoms with van der Waals surface area (Å²) in [5.74, 6) is -0.475. The first-order valence-corrected chi connectivity index (χ1v) is 7.75. The van der Waals surface area contributed by atoms with E-state index in [9.17, 15) is 14.0 Å². The van der Waals surface area contributed by atoms with Gasteiger partial charge in [-0.25, -0.2) is 9.18 Å². The number of carbonyl (C=O) groups excluding carboxylic acids is 2. The number of hydrogen-bond acceptors (Lipinski definition) is 2. The van der Waals surface area contributed by atoms with Gasteiger partial charge in [0.2, 0.25) is 5.91 Å². The molecule has 118 valence electrons. The lowest BCUT2D eigenvalue weighted by Crippen LogP contribution is -2.46. The summed E-state index contributed by atoms with van der Waals surface area (Å²) in [6, 6.07) is 5.74. The fourth-order valence-corrected chi connectivity index (χ4v) is 3.18. The van der Waals surface area contributed by atoms with Gasteiger partial charge in [0.05, 0.1) is 6.04 Å². The number of nitrogens with zero attached hydrogens (tertiary/aromatic N) is 1. The average molecular weight is 305 g/mol. The fraction of sp³-hybridized carbons (Fsp3) is 0.500. The Morgan fingerprint density at radius 3 is 2.64 bits per heavy atom. The summed E-state index contributed by atoms with van der Waals surface area (Å²) in [6.07, 6.45) is 4.59. The largest absolute Gasteiger partial charge is 0.335 e. The Morgan fingerprint density at radius 1 is 1.18 bits per heavy atom. The van der Waals surface area contributed by atoms with Gasteiger partial charge in [-0.15, -0.1) is 0 Å². The van der Waals surface area contributed by atoms with Crippen molar-refractivity contribution in [2.24, 2.45) is 0 Å². The van der Waals surface area contributed by atoms with Gasteiger partial charge in [-0.2, -0.15) is 0 Å². The van der Waals surface area contributed by atoms with Crippen molar-refractivity contribution >= 4 is 17.6 Å². The zero-order chi connectivity index (χ0) is 15.5. The highest BCUT2D eigenvalue weighted by Gasteiger charge is 2.32. The lowest BCUT2D eigenvalue weighted by atomic mass is 10.2. The maximum atomic E-state index is 13.3. The average Bonchev–Trinajstić information content (AvgIpc) is 3.08. The Labute approximate surface area is 128 Å². The number of carbonyl (C=O) groups is 2. The predicted molar refractivity (Wildman–Crippen MR) is 81.1 cm³/mol. The van der Waals surface area contributed by atoms with E-state index in [4.69, 9.17) is 0 Å². The van der Waals surface area contributed by atoms with Crippen molar-refractivity contribution in [2.45, 2.75) is 44.2 Å². The van der Waals surface area contributed by atoms with Gasteiger partial charge in [-0.1, -0.05) is 18.9 Å². The lowest BCUT2D eigenvalue weighted by molar-refractivity contribution is -0.117. The second-order valence-electron chi connectivity index (χ2n) is 5.98. The van der Waals surface area contributed by atoms with Crippen LogP contribution in [-0.4, -0.2) is 30.6 Å². The second-order valence-corrected chi connectivity index (χ2v) is 5.98. The van der Waals surface area contributed by atoms with Gasteiger partial charge >= 0.3 is 6.03 Å². The van der Waals surface area contributed by atoms with Crippen LogP contribution in [0.25, 0.3) is 0 Å². The van der Waals surface area contributed by atoms with E-state index in [0.29, 0.717) is 12.2 Å². The first-order valence-electron chi connectivity index (χ1n) is 7.75. The number of nitrogens with one attached hydrogen (secondary N) is 2. The van der Waals surface area contributed by atoms with Gasteiger partial charge in [0.25, 0.3) is 0 Å². The van der Waals surface area contributed by atoms with Crippen molar-refractivity contribution < 1.29 is 14.0 Å². The molecule has 1 aliphatic heterocycles. The molecule has 3 amide bonds. The zero-order valence-corrected chi connectivity index (χ0v) is 12.3. The molecule has 1 aromatic rings. The fourth-order valence-electron chi connectivity index (χ4n) is 3.18. The number of amides is 3. The minimum Gasteiger partial charge on any atom is -0.335 e. The third kappa shape index (κ3) is 3.37. The van der Waals surface area contributed by atoms with E-state index in [1.54, 1.807) is 12.1 Å². The van der Waals surface area contributed by atoms with Gasteiger partial charge in [0, 0.05) is 24.7 Å². The molecule has 3 rings (SSSR count). The minimum atomic E-state index is -0.374. The van der Waals surface area contributed by atoms with E-state index < -0.39 is 0 Å². The highest BCUT2D eigenvalue weighted by molar-refractivity contribution is 5.96. The number of urea groups is 1. The van der Waals surface area contributed by atoms with Crippen LogP contribution in [0.1, 0.15) is 32.1 Å². The van der Waals surface area contributed by atoms with Gasteiger partial charge in [-0.3, -0.25) is 4.79 Å². The number of hydrogen-bond donors (Lipinski definition) is 2. The SMILES string of the molecule is O=C(NC1CCCC1)NC1CC(=O)N(c2cccc(F)c2)C1. The second kappa shape index (κ2) is 6.34. The van der Waals surface area contributed by atoms with Crippen LogP contribution in [0.15, 0.2) is 24.3 Å². The van der Waals surface area contributed by atoms with Gasteiger partial charge < -0.3 is 15.5 Å². The van der Waals surface area contributed by atoms with Gasteiger partial charge in [0.1, 0.15) is 5.82 Å². The maximum Gasteiger partial charge on any atom is 0.315 e. The van der Waals surface area contributed by atoms with Crippen LogP contribution in [0, 0.1) is 5.82 Å². The third-order valence-corrected chi connectivity index (χ3v) is 4.27. The predicted octanol–water partition coefficient (Wildman–Crippen LogP) is 2.17. The first-order chi connectivity index (χ1) is 10.6. The van der Waals surface area contributed by atoms with Crippen LogP contribution in [-0.2, 0) is 4.79 Å². The van der Waals surface area contributed by atoms with E-state index in [-0.39, 0.29) is 36.3 Å². The normalized spacial score (nSPS) is 22.1. The molecule has 1 saturated heterocycles. The molecule has 5 nitrogen and oxygen atoms in total. The Balaban J connectivity index is 1.56. The highest BCUT2D eigenvalue weighted by atomic mass is 19.1. The molecule has 2 N–H and O–H groups in total. The van der Waals surface area contributed by atoms with Crippen LogP contribution in [0.4, 0.5) is 14.9 Å². The van der Waals surface area contributed by atoms with Crippen molar-refractivity contribution in [1.29, 1.82) is 0 Å². The van der Waals surface area contributed by atoms with Gasteiger partial charge in [0.15, 0.2) is 0 Å². The summed E-state index contributed by atoms with van der Waals surface area (Å²) in [6.45, 7) is 0.375. The number of halogens is 1. The molecule has 1 unspecified atom stereocenters. The van der Waals surface area contributed by atoms with Crippen LogP contribution in [0.2, 0.25) is 0 Å². The molecule has 1 aliphatic carbocycles. The Morgan fingerprint density at radius 2 is 1.91 bits per heavy atom. The molecular weight excluding hydrogens is 285 g/mol. The molecule has 6 heteroatoms. The third-order valence-electron chi connectivity index (χ3n) is 4.27. The number of benzene rings is 1. The summed E-state index contributed by atoms with van der Waals surface area (Å²) in [7, 11) is 0. The van der Waals surface area contributed by atoms with Crippen LogP contribution in [0.3, 0.4) is 0 Å². The molecule has 2 fully saturated rings. The van der Waals surface area contributed by atoms with E-state index >= 15 is 0 Å². The topological polar surface area (TPSA) is 61.4 Å². The van der Waals surface area contributed by atoms with Crippen LogP contribution in [0.5, 0.6) is 0 Å². The van der Waals surface area contributed by atoms with Crippen LogP contribution >= 0.6 is 0 Å². The lowest BCUT2D eigenvalue weighted by Gasteiger charge is -2.18. The van der Waals surface area contributed by atoms with E-state index in [1.807, 2.05) is 0 Å². The molecule has 2 aliphatic rings. The van der Waals surface area contributed by atoms with Crippen molar-refractivity contribution in [3.8, 4) is 0 Å². The zero-order valence-electron chi connectivity index (χ0n) is 12.3. The summed E-state index contributed by atoms with van der Waals surface area (Å²) in [5, 5.41) is 5.79. The van der Waals surface area contributed by atoms with E-state index in [0.717, 1.165) is 25.7 Å². The molecule has 0 bridgehead atoms. The molecule has 1 heterocycles. The molecule has 1 saturated carbocycles. The molecule has 0 radical (unpaired) electrons. The molecule has 0 aromatic heterocycles. The summed E-state index contributed by atoms with van der Waals surface area (Å²) < 4.78 is 13.3. The maximum absolute atomic E-state index is 13.3. The Hall–Kier alpha value is -2.11.